The smallest absolute Gasteiger partial charge is 0.275 e. The summed E-state index contributed by atoms with van der Waals surface area (Å²) in [7, 11) is 1.77. The fourth-order valence-electron chi connectivity index (χ4n) is 3.34. The minimum absolute atomic E-state index is 0.169. The number of nitrogens with zero attached hydrogens (tertiary/aromatic N) is 5. The van der Waals surface area contributed by atoms with Crippen LogP contribution in [0.5, 0.6) is 5.75 Å². The summed E-state index contributed by atoms with van der Waals surface area (Å²) >= 11 is 0. The van der Waals surface area contributed by atoms with E-state index in [2.05, 4.69) is 15.2 Å². The Bertz CT molecular complexity index is 933. The van der Waals surface area contributed by atoms with Crippen molar-refractivity contribution in [2.75, 3.05) is 20.2 Å². The van der Waals surface area contributed by atoms with E-state index in [-0.39, 0.29) is 24.3 Å². The molecule has 0 saturated carbocycles. The highest BCUT2D eigenvalue weighted by molar-refractivity contribution is 5.92. The highest BCUT2D eigenvalue weighted by Crippen LogP contribution is 2.18. The molecule has 9 heteroatoms. The van der Waals surface area contributed by atoms with Crippen molar-refractivity contribution in [3.63, 3.8) is 0 Å². The lowest BCUT2D eigenvalue weighted by atomic mass is 10.1. The molecule has 1 amide bonds. The van der Waals surface area contributed by atoms with Gasteiger partial charge in [0, 0.05) is 26.3 Å². The van der Waals surface area contributed by atoms with Crippen molar-refractivity contribution in [2.45, 2.75) is 38.4 Å². The predicted molar refractivity (Wildman–Crippen MR) is 107 cm³/mol. The molecule has 1 aliphatic rings. The number of amides is 1. The molecule has 30 heavy (non-hydrogen) atoms. The molecule has 0 radical (unpaired) electrons. The molecule has 1 unspecified atom stereocenters. The van der Waals surface area contributed by atoms with Gasteiger partial charge in [0.15, 0.2) is 11.5 Å². The molecular weight excluding hydrogens is 386 g/mol. The van der Waals surface area contributed by atoms with Gasteiger partial charge in [0.25, 0.3) is 5.91 Å². The predicted octanol–water partition coefficient (Wildman–Crippen LogP) is 2.87. The third-order valence-electron chi connectivity index (χ3n) is 5.09. The Morgan fingerprint density at radius 3 is 2.90 bits per heavy atom. The molecule has 1 atom stereocenters. The van der Waals surface area contributed by atoms with Gasteiger partial charge in [-0.05, 0) is 49.9 Å². The van der Waals surface area contributed by atoms with E-state index < -0.39 is 0 Å². The number of hydrogen-bond donors (Lipinski definition) is 0. The molecular formula is C21H25N5O4. The molecule has 0 aliphatic carbocycles. The van der Waals surface area contributed by atoms with Crippen LogP contribution in [0.25, 0.3) is 5.69 Å². The second kappa shape index (κ2) is 9.53. The molecule has 3 aromatic rings. The zero-order valence-corrected chi connectivity index (χ0v) is 16.9. The Hall–Kier alpha value is -3.20. The second-order valence-corrected chi connectivity index (χ2v) is 7.31. The maximum Gasteiger partial charge on any atom is 0.275 e. The molecule has 158 valence electrons. The molecule has 0 spiro atoms. The van der Waals surface area contributed by atoms with E-state index >= 15 is 0 Å². The molecule has 3 heterocycles. The van der Waals surface area contributed by atoms with Crippen molar-refractivity contribution in [2.24, 2.45) is 0 Å². The summed E-state index contributed by atoms with van der Waals surface area (Å²) < 4.78 is 18.4. The Labute approximate surface area is 174 Å². The normalized spacial score (nSPS) is 16.4. The van der Waals surface area contributed by atoms with Crippen molar-refractivity contribution in [3.8, 4) is 11.4 Å². The van der Waals surface area contributed by atoms with Crippen LogP contribution in [0.1, 0.15) is 41.9 Å². The number of rotatable bonds is 8. The number of ether oxygens (including phenoxy) is 2. The van der Waals surface area contributed by atoms with E-state index in [1.54, 1.807) is 29.0 Å². The van der Waals surface area contributed by atoms with E-state index in [1.165, 1.54) is 12.7 Å². The number of benzene rings is 1. The summed E-state index contributed by atoms with van der Waals surface area (Å²) in [5.41, 5.74) is 1.16. The monoisotopic (exact) mass is 411 g/mol. The summed E-state index contributed by atoms with van der Waals surface area (Å²) in [6.45, 7) is 1.63. The maximum atomic E-state index is 12.6. The van der Waals surface area contributed by atoms with Crippen molar-refractivity contribution in [1.29, 1.82) is 0 Å². The Morgan fingerprint density at radius 2 is 2.17 bits per heavy atom. The van der Waals surface area contributed by atoms with Crippen molar-refractivity contribution < 1.29 is 18.8 Å². The van der Waals surface area contributed by atoms with E-state index in [1.807, 2.05) is 24.3 Å². The average Bonchev–Trinajstić information content (AvgIpc) is 3.49. The maximum absolute atomic E-state index is 12.6. The van der Waals surface area contributed by atoms with Gasteiger partial charge in [-0.1, -0.05) is 5.16 Å². The number of aromatic nitrogens is 4. The first-order chi connectivity index (χ1) is 14.7. The highest BCUT2D eigenvalue weighted by Gasteiger charge is 2.20. The topological polar surface area (TPSA) is 95.5 Å². The van der Waals surface area contributed by atoms with Gasteiger partial charge in [-0.15, -0.1) is 0 Å². The third kappa shape index (κ3) is 5.04. The zero-order chi connectivity index (χ0) is 20.8. The van der Waals surface area contributed by atoms with Crippen LogP contribution >= 0.6 is 0 Å². The molecule has 0 bridgehead atoms. The summed E-state index contributed by atoms with van der Waals surface area (Å²) in [5, 5.41) is 7.98. The molecule has 1 aliphatic heterocycles. The van der Waals surface area contributed by atoms with Crippen LogP contribution in [-0.2, 0) is 11.3 Å². The summed E-state index contributed by atoms with van der Waals surface area (Å²) in [6, 6.07) is 9.05. The summed E-state index contributed by atoms with van der Waals surface area (Å²) in [6.07, 6.45) is 7.56. The largest absolute Gasteiger partial charge is 0.486 e. The first-order valence-corrected chi connectivity index (χ1v) is 10.1. The highest BCUT2D eigenvalue weighted by atomic mass is 16.5. The van der Waals surface area contributed by atoms with Gasteiger partial charge in [0.05, 0.1) is 11.8 Å². The van der Waals surface area contributed by atoms with Crippen LogP contribution in [-0.4, -0.2) is 57.0 Å². The molecule has 2 aromatic heterocycles. The first kappa shape index (κ1) is 20.1. The molecule has 4 rings (SSSR count). The number of carbonyl (C=O) groups is 1. The van der Waals surface area contributed by atoms with Crippen LogP contribution in [0, 0.1) is 0 Å². The third-order valence-corrected chi connectivity index (χ3v) is 5.09. The summed E-state index contributed by atoms with van der Waals surface area (Å²) in [4.78, 5) is 18.1. The first-order valence-electron chi connectivity index (χ1n) is 10.1. The minimum atomic E-state index is -0.169. The number of carbonyl (C=O) groups excluding carboxylic acids is 1. The van der Waals surface area contributed by atoms with Crippen LogP contribution in [0.2, 0.25) is 0 Å². The Morgan fingerprint density at radius 1 is 1.30 bits per heavy atom. The zero-order valence-electron chi connectivity index (χ0n) is 16.9. The lowest BCUT2D eigenvalue weighted by Crippen LogP contribution is -2.31. The quantitative estimate of drug-likeness (QED) is 0.562. The second-order valence-electron chi connectivity index (χ2n) is 7.31. The van der Waals surface area contributed by atoms with Gasteiger partial charge in [0.1, 0.15) is 25.0 Å². The van der Waals surface area contributed by atoms with Gasteiger partial charge < -0.3 is 18.9 Å². The van der Waals surface area contributed by atoms with Crippen molar-refractivity contribution in [3.05, 3.63) is 54.4 Å². The SMILES string of the molecule is CN(CCC1CCCCO1)C(=O)c1cc(COc2ccc(-n3cncn3)cc2)on1. The number of hydrogen-bond acceptors (Lipinski definition) is 7. The minimum Gasteiger partial charge on any atom is -0.486 e. The van der Waals surface area contributed by atoms with Gasteiger partial charge in [0.2, 0.25) is 0 Å². The molecule has 0 N–H and O–H groups in total. The van der Waals surface area contributed by atoms with Crippen LogP contribution in [0.3, 0.4) is 0 Å². The molecule has 9 nitrogen and oxygen atoms in total. The average molecular weight is 411 g/mol. The van der Waals surface area contributed by atoms with Gasteiger partial charge >= 0.3 is 0 Å². The Balaban J connectivity index is 1.26. The molecule has 1 fully saturated rings. The lowest BCUT2D eigenvalue weighted by molar-refractivity contribution is 0.00703. The molecule has 1 aromatic carbocycles. The fourth-order valence-corrected chi connectivity index (χ4v) is 3.34. The van der Waals surface area contributed by atoms with E-state index in [0.717, 1.165) is 31.6 Å². The standard InChI is InChI=1S/C21H25N5O4/c1-25(10-9-17-4-2-3-11-28-17)21(27)20-12-19(30-24-20)13-29-18-7-5-16(6-8-18)26-15-22-14-23-26/h5-8,12,14-15,17H,2-4,9-11,13H2,1H3. The Kier molecular flexibility index (Phi) is 6.38. The fraction of sp³-hybridized carbons (Fsp3) is 0.429. The van der Waals surface area contributed by atoms with Crippen LogP contribution in [0.4, 0.5) is 0 Å². The van der Waals surface area contributed by atoms with Gasteiger partial charge in [-0.2, -0.15) is 5.10 Å². The van der Waals surface area contributed by atoms with E-state index in [4.69, 9.17) is 14.0 Å². The van der Waals surface area contributed by atoms with Crippen LogP contribution < -0.4 is 4.74 Å². The van der Waals surface area contributed by atoms with Crippen LogP contribution in [0.15, 0.2) is 47.5 Å². The van der Waals surface area contributed by atoms with E-state index in [0.29, 0.717) is 18.1 Å². The summed E-state index contributed by atoms with van der Waals surface area (Å²) in [5.74, 6) is 0.994. The molecule has 1 saturated heterocycles. The van der Waals surface area contributed by atoms with Crippen molar-refractivity contribution >= 4 is 5.91 Å². The lowest BCUT2D eigenvalue weighted by Gasteiger charge is -2.24. The van der Waals surface area contributed by atoms with Gasteiger partial charge in [-0.3, -0.25) is 4.79 Å². The van der Waals surface area contributed by atoms with Gasteiger partial charge in [-0.25, -0.2) is 9.67 Å². The van der Waals surface area contributed by atoms with Crippen molar-refractivity contribution in [1.82, 2.24) is 24.8 Å². The van der Waals surface area contributed by atoms with E-state index in [9.17, 15) is 4.79 Å².